The molecule has 0 fully saturated rings. The van der Waals surface area contributed by atoms with Crippen LogP contribution in [0.1, 0.15) is 92.0 Å². The third-order valence-electron chi connectivity index (χ3n) is 14.1. The molecule has 4 rings (SSSR count). The van der Waals surface area contributed by atoms with Crippen LogP contribution in [0.2, 0.25) is 0 Å². The smallest absolute Gasteiger partial charge is 0.305 e. The van der Waals surface area contributed by atoms with Gasteiger partial charge in [0.25, 0.3) is 0 Å². The Kier molecular flexibility index (Phi) is 31.4. The van der Waals surface area contributed by atoms with Gasteiger partial charge in [0.15, 0.2) is 5.78 Å². The molecule has 0 saturated carbocycles. The lowest BCUT2D eigenvalue weighted by Crippen LogP contribution is -2.62. The lowest BCUT2D eigenvalue weighted by atomic mass is 9.98. The standard InChI is InChI=1S/C61H84N14O15S/c1-34(2)25-44(57(86)69-42(53(64)82)22-24-91-4)68-49(78)31-66-55(84)45(27-37-18-20-39(21-19-37)52(81)38-15-9-6-10-16-38)71-58(87)46(26-36-13-7-5-8-14-36)72-60(89)48(32-76)74-59(88)47(29-50(79)80)73-61(90)51(35(3)77)75-56(85)43(17-11-12-23-62)70-54(83)41(63)28-40-30-65-33-67-40/h5-10,13-16,18-21,30,33-35,41-48,51,76-77H,11-12,17,22-29,31-32,62-63H2,1-4H3,(H2,64,82)(H,65,67)(H,66,84)(H,68,78)(H,69,86)(H,70,83)(H,71,87)(H,72,89)(H,73,90)(H,74,88)(H,75,85)(H,79,80)/t35-,41+,42+,43+,44+,45+,46+,47+,48+,51+/m1/s1. The van der Waals surface area contributed by atoms with E-state index in [9.17, 15) is 72.9 Å². The number of carboxylic acid groups (broad SMARTS) is 1. The van der Waals surface area contributed by atoms with Gasteiger partial charge in [-0.25, -0.2) is 4.98 Å². The van der Waals surface area contributed by atoms with Crippen molar-refractivity contribution in [1.82, 2.24) is 57.8 Å². The highest BCUT2D eigenvalue weighted by atomic mass is 32.2. The molecule has 0 radical (unpaired) electrons. The molecule has 0 spiro atoms. The molecule has 0 bridgehead atoms. The number of aliphatic hydroxyl groups excluding tert-OH is 2. The number of rotatable bonds is 40. The molecule has 0 saturated heterocycles. The van der Waals surface area contributed by atoms with Crippen LogP contribution in [0.5, 0.6) is 0 Å². The van der Waals surface area contributed by atoms with E-state index >= 15 is 0 Å². The quantitative estimate of drug-likeness (QED) is 0.0159. The number of thioether (sulfide) groups is 1. The number of benzene rings is 3. The van der Waals surface area contributed by atoms with Crippen molar-refractivity contribution in [3.05, 3.63) is 125 Å². The van der Waals surface area contributed by atoms with Gasteiger partial charge in [0, 0.05) is 42.3 Å². The number of hydrogen-bond acceptors (Lipinski definition) is 18. The minimum absolute atomic E-state index is 0.0116. The first kappa shape index (κ1) is 74.4. The number of primary amides is 1. The van der Waals surface area contributed by atoms with Crippen LogP contribution in [0.3, 0.4) is 0 Å². The normalized spacial score (nSPS) is 14.4. The van der Waals surface area contributed by atoms with Gasteiger partial charge in [0.2, 0.25) is 59.1 Å². The van der Waals surface area contributed by atoms with Crippen molar-refractivity contribution in [2.75, 3.05) is 31.7 Å². The van der Waals surface area contributed by atoms with E-state index in [1.165, 1.54) is 36.4 Å². The highest BCUT2D eigenvalue weighted by molar-refractivity contribution is 7.98. The number of unbranched alkanes of at least 4 members (excludes halogenated alkanes) is 1. The van der Waals surface area contributed by atoms with Crippen LogP contribution < -0.4 is 65.1 Å². The SMILES string of the molecule is CSCC[C@H](NC(=O)[C@H](CC(C)C)NC(=O)CNC(=O)[C@H](Cc1ccc(C(=O)c2ccccc2)cc1)NC(=O)[C@H](Cc1ccccc1)NC(=O)[C@H](CO)NC(=O)[C@H](CC(=O)O)NC(=O)[C@@H](NC(=O)[C@H](CCCCN)NC(=O)[C@@H](N)Cc1cnc[nH]1)[C@@H](C)O)C(N)=O. The van der Waals surface area contributed by atoms with Gasteiger partial charge in [-0.15, -0.1) is 0 Å². The van der Waals surface area contributed by atoms with Gasteiger partial charge in [-0.05, 0) is 74.6 Å². The van der Waals surface area contributed by atoms with E-state index in [0.29, 0.717) is 46.5 Å². The van der Waals surface area contributed by atoms with Gasteiger partial charge in [-0.2, -0.15) is 11.8 Å². The van der Waals surface area contributed by atoms with Crippen molar-refractivity contribution in [1.29, 1.82) is 0 Å². The number of carbonyl (C=O) groups excluding carboxylic acids is 11. The predicted octanol–water partition coefficient (Wildman–Crippen LogP) is -2.75. The Balaban J connectivity index is 1.58. The summed E-state index contributed by atoms with van der Waals surface area (Å²) in [5, 5.41) is 53.1. The monoisotopic (exact) mass is 1280 g/mol. The summed E-state index contributed by atoms with van der Waals surface area (Å²) in [6.07, 6.45) is 2.45. The van der Waals surface area contributed by atoms with Gasteiger partial charge in [0.05, 0.1) is 38.0 Å². The van der Waals surface area contributed by atoms with E-state index < -0.39 is 145 Å². The summed E-state index contributed by atoms with van der Waals surface area (Å²) in [5.74, 6) is -11.3. The topological polar surface area (TPSA) is 481 Å². The summed E-state index contributed by atoms with van der Waals surface area (Å²) in [6.45, 7) is 3.08. The minimum Gasteiger partial charge on any atom is -0.481 e. The van der Waals surface area contributed by atoms with E-state index in [1.807, 2.05) is 6.26 Å². The van der Waals surface area contributed by atoms with E-state index in [2.05, 4.69) is 57.8 Å². The van der Waals surface area contributed by atoms with Gasteiger partial charge in [-0.1, -0.05) is 98.8 Å². The molecule has 10 atom stereocenters. The first-order valence-corrected chi connectivity index (χ1v) is 30.9. The molecule has 0 unspecified atom stereocenters. The summed E-state index contributed by atoms with van der Waals surface area (Å²) >= 11 is 1.44. The summed E-state index contributed by atoms with van der Waals surface area (Å²) in [7, 11) is 0. The van der Waals surface area contributed by atoms with Crippen LogP contribution in [-0.2, 0) is 72.0 Å². The number of ketones is 1. The number of imidazole rings is 1. The number of aromatic nitrogens is 2. The number of H-pyrrole nitrogens is 1. The predicted molar refractivity (Wildman–Crippen MR) is 334 cm³/mol. The van der Waals surface area contributed by atoms with Crippen LogP contribution in [0, 0.1) is 5.92 Å². The molecule has 0 aliphatic carbocycles. The Bertz CT molecular complexity index is 3070. The Morgan fingerprint density at radius 1 is 0.582 bits per heavy atom. The Hall–Kier alpha value is -9.10. The van der Waals surface area contributed by atoms with Crippen LogP contribution in [-0.4, -0.2) is 188 Å². The second-order valence-electron chi connectivity index (χ2n) is 22.0. The number of carbonyl (C=O) groups is 12. The maximum Gasteiger partial charge on any atom is 0.305 e. The zero-order valence-corrected chi connectivity index (χ0v) is 51.9. The highest BCUT2D eigenvalue weighted by Gasteiger charge is 2.37. The van der Waals surface area contributed by atoms with Crippen molar-refractivity contribution >= 4 is 82.6 Å². The van der Waals surface area contributed by atoms with Gasteiger partial charge in [-0.3, -0.25) is 57.5 Å². The van der Waals surface area contributed by atoms with Gasteiger partial charge < -0.3 is 85.4 Å². The lowest BCUT2D eigenvalue weighted by Gasteiger charge is -2.28. The van der Waals surface area contributed by atoms with Crippen molar-refractivity contribution < 1.29 is 72.9 Å². The third-order valence-corrected chi connectivity index (χ3v) is 14.7. The Morgan fingerprint density at radius 3 is 1.67 bits per heavy atom. The van der Waals surface area contributed by atoms with E-state index in [-0.39, 0.29) is 56.8 Å². The number of nitrogens with two attached hydrogens (primary N) is 3. The number of amides is 10. The number of nitrogens with zero attached hydrogens (tertiary/aromatic N) is 1. The number of nitrogens with one attached hydrogen (secondary N) is 10. The maximum atomic E-state index is 14.6. The van der Waals surface area contributed by atoms with Crippen molar-refractivity contribution in [3.63, 3.8) is 0 Å². The molecule has 0 aliphatic rings. The molecular weight excluding hydrogens is 1200 g/mol. The summed E-state index contributed by atoms with van der Waals surface area (Å²) in [6, 6.07) is 9.11. The number of hydrogen-bond donors (Lipinski definition) is 16. The second kappa shape index (κ2) is 38.4. The lowest BCUT2D eigenvalue weighted by molar-refractivity contribution is -0.142. The first-order valence-electron chi connectivity index (χ1n) is 29.5. The second-order valence-corrected chi connectivity index (χ2v) is 23.0. The molecule has 1 heterocycles. The molecule has 10 amide bonds. The average molecular weight is 1290 g/mol. The number of carboxylic acids is 1. The molecule has 4 aromatic rings. The van der Waals surface area contributed by atoms with Crippen LogP contribution in [0.4, 0.5) is 0 Å². The highest BCUT2D eigenvalue weighted by Crippen LogP contribution is 2.15. The molecule has 3 aromatic carbocycles. The van der Waals surface area contributed by atoms with Crippen LogP contribution in [0.15, 0.2) is 97.5 Å². The first-order chi connectivity index (χ1) is 43.3. The number of aromatic amines is 1. The van der Waals surface area contributed by atoms with E-state index in [1.54, 1.807) is 86.6 Å². The van der Waals surface area contributed by atoms with Gasteiger partial charge >= 0.3 is 5.97 Å². The molecular formula is C61H84N14O15S. The third kappa shape index (κ3) is 25.7. The van der Waals surface area contributed by atoms with Crippen molar-refractivity contribution in [3.8, 4) is 0 Å². The summed E-state index contributed by atoms with van der Waals surface area (Å²) < 4.78 is 0. The molecule has 30 heteroatoms. The van der Waals surface area contributed by atoms with Gasteiger partial charge in [0.1, 0.15) is 48.3 Å². The maximum absolute atomic E-state index is 14.6. The fraction of sp³-hybridized carbons (Fsp3) is 0.459. The Morgan fingerprint density at radius 2 is 1.11 bits per heavy atom. The molecule has 0 aliphatic heterocycles. The van der Waals surface area contributed by atoms with Crippen molar-refractivity contribution in [2.24, 2.45) is 23.1 Å². The van der Waals surface area contributed by atoms with Crippen molar-refractivity contribution in [2.45, 2.75) is 139 Å². The largest absolute Gasteiger partial charge is 0.481 e. The van der Waals surface area contributed by atoms with E-state index in [0.717, 1.165) is 6.92 Å². The zero-order valence-electron chi connectivity index (χ0n) is 51.1. The molecule has 1 aromatic heterocycles. The van der Waals surface area contributed by atoms with Crippen LogP contribution >= 0.6 is 11.8 Å². The van der Waals surface area contributed by atoms with E-state index in [4.69, 9.17) is 17.2 Å². The molecule has 29 nitrogen and oxygen atoms in total. The molecule has 494 valence electrons. The fourth-order valence-corrected chi connectivity index (χ4v) is 9.64. The fourth-order valence-electron chi connectivity index (χ4n) is 9.17. The minimum atomic E-state index is -2.04. The number of aliphatic hydroxyl groups is 2. The Labute approximate surface area is 530 Å². The summed E-state index contributed by atoms with van der Waals surface area (Å²) in [5.41, 5.74) is 19.4. The number of aliphatic carboxylic acids is 1. The average Bonchev–Trinajstić information content (AvgIpc) is 1.73. The molecule has 19 N–H and O–H groups in total. The summed E-state index contributed by atoms with van der Waals surface area (Å²) in [4.78, 5) is 169. The van der Waals surface area contributed by atoms with Crippen LogP contribution in [0.25, 0.3) is 0 Å². The molecule has 91 heavy (non-hydrogen) atoms. The zero-order chi connectivity index (χ0) is 67.2.